The minimum absolute atomic E-state index is 0.149. The average molecular weight is 473 g/mol. The first-order valence-corrected chi connectivity index (χ1v) is 11.5. The van der Waals surface area contributed by atoms with Gasteiger partial charge in [-0.1, -0.05) is 54.6 Å². The molecule has 0 saturated heterocycles. The number of hydrogen-bond donors (Lipinski definition) is 1. The van der Waals surface area contributed by atoms with Crippen LogP contribution in [-0.4, -0.2) is 17.0 Å². The smallest absolute Gasteiger partial charge is 0.252 e. The Balaban J connectivity index is 1.48. The van der Waals surface area contributed by atoms with Gasteiger partial charge in [0.15, 0.2) is 0 Å². The highest BCUT2D eigenvalue weighted by Crippen LogP contribution is 2.28. The van der Waals surface area contributed by atoms with Crippen LogP contribution in [0.15, 0.2) is 102 Å². The SMILES string of the molecule is CC(c1ccccc1)n1cc(C(=O)NCCC(c2ccc(F)cc2)c2ccc(F)cc2)ccc1=O. The molecule has 1 heterocycles. The van der Waals surface area contributed by atoms with Crippen molar-refractivity contribution in [3.05, 3.63) is 141 Å². The fourth-order valence-corrected chi connectivity index (χ4v) is 4.18. The molecule has 1 atom stereocenters. The molecule has 0 aliphatic heterocycles. The molecule has 1 aromatic heterocycles. The number of aromatic nitrogens is 1. The van der Waals surface area contributed by atoms with E-state index in [0.717, 1.165) is 16.7 Å². The Morgan fingerprint density at radius 3 is 1.94 bits per heavy atom. The van der Waals surface area contributed by atoms with Crippen LogP contribution in [0.25, 0.3) is 0 Å². The van der Waals surface area contributed by atoms with Gasteiger partial charge in [0.1, 0.15) is 11.6 Å². The summed E-state index contributed by atoms with van der Waals surface area (Å²) < 4.78 is 28.4. The van der Waals surface area contributed by atoms with Gasteiger partial charge >= 0.3 is 0 Å². The summed E-state index contributed by atoms with van der Waals surface area (Å²) in [4.78, 5) is 25.3. The van der Waals surface area contributed by atoms with E-state index in [0.29, 0.717) is 18.5 Å². The molecular formula is C29H26F2N2O2. The fraction of sp³-hybridized carbons (Fsp3) is 0.172. The zero-order valence-corrected chi connectivity index (χ0v) is 19.3. The Morgan fingerprint density at radius 1 is 0.800 bits per heavy atom. The molecule has 0 spiro atoms. The Hall–Kier alpha value is -4.06. The molecule has 0 bridgehead atoms. The molecule has 4 aromatic rings. The monoisotopic (exact) mass is 472 g/mol. The third-order valence-corrected chi connectivity index (χ3v) is 6.16. The van der Waals surface area contributed by atoms with E-state index in [-0.39, 0.29) is 35.1 Å². The number of nitrogens with zero attached hydrogens (tertiary/aromatic N) is 1. The van der Waals surface area contributed by atoms with Gasteiger partial charge in [-0.15, -0.1) is 0 Å². The number of pyridine rings is 1. The molecule has 0 aliphatic carbocycles. The molecule has 1 amide bonds. The van der Waals surface area contributed by atoms with Crippen molar-refractivity contribution in [1.29, 1.82) is 0 Å². The standard InChI is InChI=1S/C29H26F2N2O2/c1-20(21-5-3-2-4-6-21)33-19-24(11-16-28(33)34)29(35)32-18-17-27(22-7-12-25(30)13-8-22)23-9-14-26(31)15-10-23/h2-16,19-20,27H,17-18H2,1H3,(H,32,35). The first-order valence-electron chi connectivity index (χ1n) is 11.5. The maximum absolute atomic E-state index is 13.4. The molecular weight excluding hydrogens is 446 g/mol. The van der Waals surface area contributed by atoms with E-state index in [9.17, 15) is 18.4 Å². The highest BCUT2D eigenvalue weighted by Gasteiger charge is 2.17. The molecule has 178 valence electrons. The van der Waals surface area contributed by atoms with E-state index in [1.165, 1.54) is 36.4 Å². The van der Waals surface area contributed by atoms with Crippen LogP contribution in [0.4, 0.5) is 8.78 Å². The van der Waals surface area contributed by atoms with Gasteiger partial charge in [-0.3, -0.25) is 9.59 Å². The molecule has 35 heavy (non-hydrogen) atoms. The summed E-state index contributed by atoms with van der Waals surface area (Å²) in [5.41, 5.74) is 2.90. The Labute approximate surface area is 202 Å². The number of rotatable bonds is 8. The van der Waals surface area contributed by atoms with Crippen LogP contribution < -0.4 is 10.9 Å². The molecule has 1 unspecified atom stereocenters. The lowest BCUT2D eigenvalue weighted by molar-refractivity contribution is 0.0952. The van der Waals surface area contributed by atoms with E-state index in [1.807, 2.05) is 37.3 Å². The minimum atomic E-state index is -0.334. The zero-order valence-electron chi connectivity index (χ0n) is 19.3. The third kappa shape index (κ3) is 5.90. The van der Waals surface area contributed by atoms with Crippen molar-refractivity contribution in [3.8, 4) is 0 Å². The second-order valence-electron chi connectivity index (χ2n) is 8.45. The number of benzene rings is 3. The summed E-state index contributed by atoms with van der Waals surface area (Å²) in [6.07, 6.45) is 2.11. The van der Waals surface area contributed by atoms with Gasteiger partial charge in [0, 0.05) is 24.7 Å². The highest BCUT2D eigenvalue weighted by atomic mass is 19.1. The molecule has 6 heteroatoms. The lowest BCUT2D eigenvalue weighted by atomic mass is 9.88. The number of amides is 1. The molecule has 1 N–H and O–H groups in total. The van der Waals surface area contributed by atoms with Crippen molar-refractivity contribution in [2.45, 2.75) is 25.3 Å². The highest BCUT2D eigenvalue weighted by molar-refractivity contribution is 5.93. The predicted molar refractivity (Wildman–Crippen MR) is 133 cm³/mol. The van der Waals surface area contributed by atoms with Crippen LogP contribution in [0, 0.1) is 11.6 Å². The van der Waals surface area contributed by atoms with Crippen molar-refractivity contribution in [3.63, 3.8) is 0 Å². The van der Waals surface area contributed by atoms with Gasteiger partial charge in [-0.05, 0) is 60.4 Å². The van der Waals surface area contributed by atoms with E-state index in [1.54, 1.807) is 35.0 Å². The van der Waals surface area contributed by atoms with E-state index in [2.05, 4.69) is 5.32 Å². The number of hydrogen-bond acceptors (Lipinski definition) is 2. The normalized spacial score (nSPS) is 11.9. The molecule has 0 radical (unpaired) electrons. The molecule has 4 rings (SSSR count). The topological polar surface area (TPSA) is 51.1 Å². The first kappa shape index (κ1) is 24.1. The summed E-state index contributed by atoms with van der Waals surface area (Å²) in [5.74, 6) is -1.11. The van der Waals surface area contributed by atoms with Crippen LogP contribution in [0.2, 0.25) is 0 Å². The number of carbonyl (C=O) groups excluding carboxylic acids is 1. The Bertz CT molecular complexity index is 1290. The number of halogens is 2. The molecule has 0 saturated carbocycles. The van der Waals surface area contributed by atoms with Crippen molar-refractivity contribution < 1.29 is 13.6 Å². The molecule has 4 nitrogen and oxygen atoms in total. The third-order valence-electron chi connectivity index (χ3n) is 6.16. The lowest BCUT2D eigenvalue weighted by Gasteiger charge is -2.19. The Kier molecular flexibility index (Phi) is 7.51. The van der Waals surface area contributed by atoms with Gasteiger partial charge in [-0.2, -0.15) is 0 Å². The average Bonchev–Trinajstić information content (AvgIpc) is 2.88. The van der Waals surface area contributed by atoms with Gasteiger partial charge < -0.3 is 9.88 Å². The summed E-state index contributed by atoms with van der Waals surface area (Å²) in [6.45, 7) is 2.25. The first-order chi connectivity index (χ1) is 16.9. The van der Waals surface area contributed by atoms with Crippen LogP contribution in [-0.2, 0) is 0 Å². The van der Waals surface area contributed by atoms with Crippen LogP contribution in [0.1, 0.15) is 52.4 Å². The summed E-state index contributed by atoms with van der Waals surface area (Å²) >= 11 is 0. The summed E-state index contributed by atoms with van der Waals surface area (Å²) in [7, 11) is 0. The van der Waals surface area contributed by atoms with Crippen LogP contribution in [0.3, 0.4) is 0 Å². The van der Waals surface area contributed by atoms with E-state index < -0.39 is 0 Å². The van der Waals surface area contributed by atoms with Crippen LogP contribution >= 0.6 is 0 Å². The second kappa shape index (κ2) is 10.9. The van der Waals surface area contributed by atoms with Gasteiger partial charge in [0.2, 0.25) is 0 Å². The molecule has 3 aromatic carbocycles. The maximum atomic E-state index is 13.4. The Morgan fingerprint density at radius 2 is 1.37 bits per heavy atom. The zero-order chi connectivity index (χ0) is 24.8. The maximum Gasteiger partial charge on any atom is 0.252 e. The molecule has 0 fully saturated rings. The molecule has 0 aliphatic rings. The van der Waals surface area contributed by atoms with Gasteiger partial charge in [0.25, 0.3) is 11.5 Å². The van der Waals surface area contributed by atoms with Crippen molar-refractivity contribution in [1.82, 2.24) is 9.88 Å². The van der Waals surface area contributed by atoms with E-state index >= 15 is 0 Å². The van der Waals surface area contributed by atoms with Crippen molar-refractivity contribution >= 4 is 5.91 Å². The van der Waals surface area contributed by atoms with Crippen LogP contribution in [0.5, 0.6) is 0 Å². The number of carbonyl (C=O) groups is 1. The van der Waals surface area contributed by atoms with Crippen molar-refractivity contribution in [2.75, 3.05) is 6.54 Å². The van der Waals surface area contributed by atoms with Gasteiger partial charge in [0.05, 0.1) is 11.6 Å². The number of nitrogens with one attached hydrogen (secondary N) is 1. The quantitative estimate of drug-likeness (QED) is 0.358. The fourth-order valence-electron chi connectivity index (χ4n) is 4.18. The second-order valence-corrected chi connectivity index (χ2v) is 8.45. The van der Waals surface area contributed by atoms with Gasteiger partial charge in [-0.25, -0.2) is 8.78 Å². The van der Waals surface area contributed by atoms with E-state index in [4.69, 9.17) is 0 Å². The largest absolute Gasteiger partial charge is 0.352 e. The predicted octanol–water partition coefficient (Wildman–Crippen LogP) is 5.69. The lowest BCUT2D eigenvalue weighted by Crippen LogP contribution is -2.29. The van der Waals surface area contributed by atoms with Crippen molar-refractivity contribution in [2.24, 2.45) is 0 Å². The summed E-state index contributed by atoms with van der Waals surface area (Å²) in [6, 6.07) is 24.7. The summed E-state index contributed by atoms with van der Waals surface area (Å²) in [5, 5.41) is 2.91. The minimum Gasteiger partial charge on any atom is -0.352 e.